The fourth-order valence-electron chi connectivity index (χ4n) is 4.52. The fourth-order valence-corrected chi connectivity index (χ4v) is 7.05. The Morgan fingerprint density at radius 3 is 2.64 bits per heavy atom. The molecular formula is C30H35IN4O4. The topological polar surface area (TPSA) is 101 Å². The van der Waals surface area contributed by atoms with E-state index in [1.165, 1.54) is 6.20 Å². The quantitative estimate of drug-likeness (QED) is 0.118. The van der Waals surface area contributed by atoms with Crippen LogP contribution in [-0.4, -0.2) is 55.4 Å². The summed E-state index contributed by atoms with van der Waals surface area (Å²) < 4.78 is 8.34. The molecular weight excluding hydrogens is 607 g/mol. The van der Waals surface area contributed by atoms with Crippen LogP contribution in [0.15, 0.2) is 66.9 Å². The van der Waals surface area contributed by atoms with Gasteiger partial charge in [-0.3, -0.25) is 9.59 Å². The van der Waals surface area contributed by atoms with Crippen LogP contribution in [0, 0.1) is 0 Å². The number of hydrogen-bond acceptors (Lipinski definition) is 6. The van der Waals surface area contributed by atoms with Crippen molar-refractivity contribution in [1.82, 2.24) is 8.10 Å². The molecule has 0 radical (unpaired) electrons. The van der Waals surface area contributed by atoms with Gasteiger partial charge in [0.15, 0.2) is 6.29 Å². The maximum atomic E-state index is 13.0. The normalized spacial score (nSPS) is 15.7. The Hall–Kier alpha value is -3.31. The Balaban J connectivity index is 1.38. The van der Waals surface area contributed by atoms with E-state index in [1.54, 1.807) is 12.1 Å². The molecule has 2 heterocycles. The molecule has 1 aliphatic rings. The van der Waals surface area contributed by atoms with Crippen molar-refractivity contribution in [3.05, 3.63) is 78.0 Å². The van der Waals surface area contributed by atoms with Crippen molar-refractivity contribution in [3.63, 3.8) is 0 Å². The van der Waals surface area contributed by atoms with Crippen molar-refractivity contribution in [2.24, 2.45) is 0 Å². The Bertz CT molecular complexity index is 1270. The predicted molar refractivity (Wildman–Crippen MR) is 164 cm³/mol. The summed E-state index contributed by atoms with van der Waals surface area (Å²) in [6, 6.07) is 19.2. The minimum absolute atomic E-state index is 0.0931. The number of anilines is 2. The number of aldehydes is 1. The van der Waals surface area contributed by atoms with Gasteiger partial charge in [-0.1, -0.05) is 0 Å². The van der Waals surface area contributed by atoms with Gasteiger partial charge in [0.1, 0.15) is 5.82 Å². The second-order valence-electron chi connectivity index (χ2n) is 9.62. The van der Waals surface area contributed by atoms with Crippen LogP contribution in [0.5, 0.6) is 0 Å². The molecule has 206 valence electrons. The van der Waals surface area contributed by atoms with Crippen LogP contribution in [-0.2, 0) is 16.0 Å². The van der Waals surface area contributed by atoms with Gasteiger partial charge in [-0.2, -0.15) is 0 Å². The maximum absolute atomic E-state index is 13.0. The van der Waals surface area contributed by atoms with Crippen molar-refractivity contribution >= 4 is 49.9 Å². The van der Waals surface area contributed by atoms with Crippen molar-refractivity contribution in [2.45, 2.75) is 38.2 Å². The molecule has 8 nitrogen and oxygen atoms in total. The van der Waals surface area contributed by atoms with Crippen LogP contribution in [0.3, 0.4) is 0 Å². The Kier molecular flexibility index (Phi) is 10.4. The summed E-state index contributed by atoms with van der Waals surface area (Å²) >= 11 is -1.10. The second-order valence-corrected chi connectivity index (χ2v) is 15.1. The molecule has 1 unspecified atom stereocenters. The molecule has 2 amide bonds. The third-order valence-corrected chi connectivity index (χ3v) is 10.2. The first-order valence-electron chi connectivity index (χ1n) is 13.0. The number of carbonyl (C=O) groups excluding carboxylic acids is 3. The third-order valence-electron chi connectivity index (χ3n) is 6.55. The molecule has 0 bridgehead atoms. The number of amides is 2. The van der Waals surface area contributed by atoms with Crippen LogP contribution in [0.4, 0.5) is 16.3 Å². The number of nitrogens with one attached hydrogen (secondary N) is 2. The summed E-state index contributed by atoms with van der Waals surface area (Å²) in [7, 11) is 0. The average molecular weight is 643 g/mol. The zero-order chi connectivity index (χ0) is 27.6. The van der Waals surface area contributed by atoms with Crippen LogP contribution >= 0.6 is 20.1 Å². The van der Waals surface area contributed by atoms with Gasteiger partial charge >= 0.3 is 176 Å². The van der Waals surface area contributed by atoms with Gasteiger partial charge in [0.2, 0.25) is 5.91 Å². The van der Waals surface area contributed by atoms with Crippen LogP contribution in [0.25, 0.3) is 11.1 Å². The van der Waals surface area contributed by atoms with Gasteiger partial charge in [0.25, 0.3) is 0 Å². The molecule has 3 aromatic rings. The molecule has 0 spiro atoms. The van der Waals surface area contributed by atoms with E-state index in [4.69, 9.17) is 4.74 Å². The molecule has 9 heteroatoms. The molecule has 0 saturated carbocycles. The number of nitrogens with zero attached hydrogens (tertiary/aromatic N) is 2. The van der Waals surface area contributed by atoms with E-state index in [0.717, 1.165) is 42.6 Å². The summed E-state index contributed by atoms with van der Waals surface area (Å²) in [5, 5.41) is 5.76. The zero-order valence-corrected chi connectivity index (χ0v) is 24.5. The van der Waals surface area contributed by atoms with Crippen molar-refractivity contribution in [2.75, 3.05) is 33.6 Å². The number of aryl methyl sites for hydroxylation is 1. The summed E-state index contributed by atoms with van der Waals surface area (Å²) in [6.45, 7) is 1.91. The van der Waals surface area contributed by atoms with Crippen LogP contribution < -0.4 is 10.6 Å². The zero-order valence-electron chi connectivity index (χ0n) is 22.4. The first-order valence-corrected chi connectivity index (χ1v) is 18.3. The number of rotatable bonds is 10. The van der Waals surface area contributed by atoms with E-state index in [1.807, 2.05) is 48.5 Å². The summed E-state index contributed by atoms with van der Waals surface area (Å²) in [6.07, 6.45) is 5.16. The van der Waals surface area contributed by atoms with Gasteiger partial charge in [-0.15, -0.1) is 0 Å². The number of aromatic nitrogens is 1. The number of hydrogen-bond donors (Lipinski definition) is 2. The van der Waals surface area contributed by atoms with Crippen LogP contribution in [0.1, 0.15) is 41.6 Å². The number of piperidine rings is 1. The number of pyridine rings is 1. The van der Waals surface area contributed by atoms with E-state index in [-0.39, 0.29) is 12.0 Å². The number of carbonyl (C=O) groups is 3. The van der Waals surface area contributed by atoms with Gasteiger partial charge in [-0.25, -0.2) is 4.98 Å². The predicted octanol–water partition coefficient (Wildman–Crippen LogP) is 6.22. The van der Waals surface area contributed by atoms with Gasteiger partial charge < -0.3 is 5.32 Å². The van der Waals surface area contributed by atoms with Crippen LogP contribution in [0.2, 0.25) is 0 Å². The molecule has 1 aliphatic heterocycles. The molecule has 2 aromatic carbocycles. The molecule has 1 atom stereocenters. The monoisotopic (exact) mass is 642 g/mol. The number of benzene rings is 2. The number of halogens is 1. The van der Waals surface area contributed by atoms with Gasteiger partial charge in [-0.05, 0) is 12.1 Å². The van der Waals surface area contributed by atoms with Crippen molar-refractivity contribution in [1.29, 1.82) is 0 Å². The molecule has 4 rings (SSSR count). The molecule has 2 N–H and O–H groups in total. The SMILES string of the molecule is CI(C)N1CCCC(OC(=O)Nc2cc(CCCC(=O)Nc3ccc(C=O)cn3)ccc2-c2ccccc2)C1. The fraction of sp³-hybridized carbons (Fsp3) is 0.333. The number of ether oxygens (including phenoxy) is 1. The molecule has 0 aliphatic carbocycles. The van der Waals surface area contributed by atoms with E-state index in [2.05, 4.69) is 28.6 Å². The van der Waals surface area contributed by atoms with E-state index < -0.39 is 26.2 Å². The molecule has 1 fully saturated rings. The van der Waals surface area contributed by atoms with E-state index >= 15 is 0 Å². The summed E-state index contributed by atoms with van der Waals surface area (Å²) in [5.41, 5.74) is 4.08. The van der Waals surface area contributed by atoms with Gasteiger partial charge in [0.05, 0.1) is 0 Å². The standard InChI is InChI=1S/C30H35IN4O4/c1-31(2)35-17-7-11-25(20-35)39-30(38)33-27-18-22(13-15-26(27)24-9-4-3-5-10-24)8-6-12-29(37)34-28-16-14-23(21-36)19-32-28/h3-5,9-10,13-16,18-19,21,25H,6-8,11-12,17,20H2,1-2H3,(H,33,38)(H,32,34,37). The summed E-state index contributed by atoms with van der Waals surface area (Å²) in [4.78, 5) is 44.8. The Morgan fingerprint density at radius 1 is 1.10 bits per heavy atom. The first kappa shape index (κ1) is 28.7. The first-order chi connectivity index (χ1) is 18.9. The minimum atomic E-state index is -1.10. The average Bonchev–Trinajstić information content (AvgIpc) is 2.94. The summed E-state index contributed by atoms with van der Waals surface area (Å²) in [5.74, 6) is 0.274. The Morgan fingerprint density at radius 2 is 1.92 bits per heavy atom. The molecule has 1 saturated heterocycles. The Labute approximate surface area is 237 Å². The second kappa shape index (κ2) is 14.2. The molecule has 39 heavy (non-hydrogen) atoms. The van der Waals surface area contributed by atoms with Crippen molar-refractivity contribution in [3.8, 4) is 11.1 Å². The third kappa shape index (κ3) is 8.59. The van der Waals surface area contributed by atoms with E-state index in [0.29, 0.717) is 42.6 Å². The molecule has 1 aromatic heterocycles. The van der Waals surface area contributed by atoms with Crippen molar-refractivity contribution < 1.29 is 19.1 Å². The van der Waals surface area contributed by atoms with E-state index in [9.17, 15) is 14.4 Å². The number of alkyl halides is 2. The van der Waals surface area contributed by atoms with Gasteiger partial charge in [0, 0.05) is 11.8 Å².